The number of nitrogens with one attached hydrogen (secondary N) is 1. The molecule has 0 fully saturated rings. The van der Waals surface area contributed by atoms with Gasteiger partial charge >= 0.3 is 0 Å². The van der Waals surface area contributed by atoms with Crippen molar-refractivity contribution in [2.75, 3.05) is 5.32 Å². The summed E-state index contributed by atoms with van der Waals surface area (Å²) in [4.78, 5) is 4.31. The molecule has 1 N–H and O–H groups in total. The fraction of sp³-hybridized carbons (Fsp3) is 0.100. The van der Waals surface area contributed by atoms with Gasteiger partial charge in [0.05, 0.1) is 5.56 Å². The van der Waals surface area contributed by atoms with E-state index in [1.54, 1.807) is 0 Å². The first-order valence-corrected chi connectivity index (χ1v) is 8.01. The van der Waals surface area contributed by atoms with Gasteiger partial charge in [-0.1, -0.05) is 66.2 Å². The molecule has 3 nitrogen and oxygen atoms in total. The zero-order valence-electron chi connectivity index (χ0n) is 13.3. The van der Waals surface area contributed by atoms with Crippen LogP contribution in [0.15, 0.2) is 60.7 Å². The van der Waals surface area contributed by atoms with E-state index in [2.05, 4.69) is 35.4 Å². The molecule has 2 aromatic carbocycles. The molecule has 1 aromatic heterocycles. The number of pyridine rings is 1. The highest BCUT2D eigenvalue weighted by molar-refractivity contribution is 6.31. The van der Waals surface area contributed by atoms with Crippen LogP contribution in [0.1, 0.15) is 16.7 Å². The number of benzene rings is 2. The predicted molar refractivity (Wildman–Crippen MR) is 97.9 cm³/mol. The van der Waals surface area contributed by atoms with E-state index in [4.69, 9.17) is 11.6 Å². The van der Waals surface area contributed by atoms with E-state index in [1.165, 1.54) is 11.1 Å². The molecule has 3 aromatic rings. The van der Waals surface area contributed by atoms with E-state index in [0.29, 0.717) is 17.9 Å². The topological polar surface area (TPSA) is 48.7 Å². The van der Waals surface area contributed by atoms with Crippen molar-refractivity contribution in [2.24, 2.45) is 0 Å². The number of aryl methyl sites for hydroxylation is 1. The fourth-order valence-corrected chi connectivity index (χ4v) is 2.79. The molecule has 1 heterocycles. The average molecular weight is 334 g/mol. The molecule has 0 atom stereocenters. The minimum absolute atomic E-state index is 0.214. The highest BCUT2D eigenvalue weighted by Gasteiger charge is 2.12. The van der Waals surface area contributed by atoms with E-state index >= 15 is 0 Å². The fourth-order valence-electron chi connectivity index (χ4n) is 2.55. The lowest BCUT2D eigenvalue weighted by Gasteiger charge is -2.12. The monoisotopic (exact) mass is 333 g/mol. The lowest BCUT2D eigenvalue weighted by Crippen LogP contribution is -2.04. The van der Waals surface area contributed by atoms with Gasteiger partial charge in [-0.05, 0) is 29.7 Å². The number of hydrogen-bond donors (Lipinski definition) is 1. The molecule has 0 aliphatic rings. The Balaban J connectivity index is 1.94. The largest absolute Gasteiger partial charge is 0.366 e. The van der Waals surface area contributed by atoms with Gasteiger partial charge in [-0.3, -0.25) is 0 Å². The molecule has 0 saturated heterocycles. The Morgan fingerprint density at radius 2 is 1.79 bits per heavy atom. The number of nitrogens with zero attached hydrogens (tertiary/aromatic N) is 2. The number of nitriles is 1. The van der Waals surface area contributed by atoms with Gasteiger partial charge in [0.2, 0.25) is 0 Å². The Bertz CT molecular complexity index is 899. The van der Waals surface area contributed by atoms with Crippen LogP contribution < -0.4 is 5.32 Å². The average Bonchev–Trinajstić information content (AvgIpc) is 2.61. The van der Waals surface area contributed by atoms with Crippen LogP contribution in [0.2, 0.25) is 5.15 Å². The van der Waals surface area contributed by atoms with Crippen LogP contribution in [0.25, 0.3) is 11.1 Å². The summed E-state index contributed by atoms with van der Waals surface area (Å²) in [6, 6.07) is 21.9. The Kier molecular flexibility index (Phi) is 4.79. The molecule has 0 aliphatic heterocycles. The summed E-state index contributed by atoms with van der Waals surface area (Å²) >= 11 is 6.22. The molecule has 0 radical (unpaired) electrons. The van der Waals surface area contributed by atoms with Crippen molar-refractivity contribution in [1.29, 1.82) is 5.26 Å². The van der Waals surface area contributed by atoms with Crippen LogP contribution in [0, 0.1) is 18.3 Å². The third-order valence-corrected chi connectivity index (χ3v) is 4.17. The van der Waals surface area contributed by atoms with Gasteiger partial charge < -0.3 is 5.32 Å². The second-order valence-corrected chi connectivity index (χ2v) is 5.84. The van der Waals surface area contributed by atoms with Crippen LogP contribution >= 0.6 is 11.6 Å². The maximum Gasteiger partial charge on any atom is 0.149 e. The second kappa shape index (κ2) is 7.16. The van der Waals surface area contributed by atoms with Crippen LogP contribution in [-0.2, 0) is 6.54 Å². The molecule has 24 heavy (non-hydrogen) atoms. The van der Waals surface area contributed by atoms with Crippen molar-refractivity contribution in [3.8, 4) is 17.2 Å². The summed E-state index contributed by atoms with van der Waals surface area (Å²) < 4.78 is 0. The van der Waals surface area contributed by atoms with E-state index < -0.39 is 0 Å². The Hall–Kier alpha value is -2.83. The molecule has 118 valence electrons. The zero-order chi connectivity index (χ0) is 16.9. The molecule has 0 aliphatic carbocycles. The molecular formula is C20H16ClN3. The first kappa shape index (κ1) is 16.0. The molecule has 0 amide bonds. The first-order valence-electron chi connectivity index (χ1n) is 7.63. The summed E-state index contributed by atoms with van der Waals surface area (Å²) in [6.07, 6.45) is 0. The maximum atomic E-state index is 9.40. The highest BCUT2D eigenvalue weighted by atomic mass is 35.5. The van der Waals surface area contributed by atoms with Crippen LogP contribution in [-0.4, -0.2) is 4.98 Å². The summed E-state index contributed by atoms with van der Waals surface area (Å²) in [7, 11) is 0. The third-order valence-electron chi connectivity index (χ3n) is 3.89. The minimum atomic E-state index is 0.214. The van der Waals surface area contributed by atoms with Crippen molar-refractivity contribution in [3.63, 3.8) is 0 Å². The number of halogens is 1. The minimum Gasteiger partial charge on any atom is -0.366 e. The summed E-state index contributed by atoms with van der Waals surface area (Å²) in [5.74, 6) is 0.654. The second-order valence-electron chi connectivity index (χ2n) is 5.48. The smallest absolute Gasteiger partial charge is 0.149 e. The van der Waals surface area contributed by atoms with E-state index in [0.717, 1.165) is 11.1 Å². The third kappa shape index (κ3) is 3.40. The normalized spacial score (nSPS) is 10.2. The summed E-state index contributed by atoms with van der Waals surface area (Å²) in [6.45, 7) is 2.72. The van der Waals surface area contributed by atoms with Crippen LogP contribution in [0.3, 0.4) is 0 Å². The Morgan fingerprint density at radius 1 is 1.08 bits per heavy atom. The molecule has 0 unspecified atom stereocenters. The van der Waals surface area contributed by atoms with Gasteiger partial charge in [0.15, 0.2) is 0 Å². The van der Waals surface area contributed by atoms with Crippen molar-refractivity contribution in [3.05, 3.63) is 82.5 Å². The maximum absolute atomic E-state index is 9.40. The predicted octanol–water partition coefficient (Wildman–Crippen LogP) is 5.19. The van der Waals surface area contributed by atoms with Gasteiger partial charge in [0, 0.05) is 12.1 Å². The summed E-state index contributed by atoms with van der Waals surface area (Å²) in [5, 5.41) is 12.9. The zero-order valence-corrected chi connectivity index (χ0v) is 14.0. The molecule has 0 bridgehead atoms. The number of aromatic nitrogens is 1. The number of rotatable bonds is 4. The highest BCUT2D eigenvalue weighted by Crippen LogP contribution is 2.30. The molecular weight excluding hydrogens is 318 g/mol. The van der Waals surface area contributed by atoms with Gasteiger partial charge in [-0.2, -0.15) is 5.26 Å². The molecule has 0 saturated carbocycles. The van der Waals surface area contributed by atoms with Crippen LogP contribution in [0.5, 0.6) is 0 Å². The Morgan fingerprint density at radius 3 is 2.50 bits per heavy atom. The van der Waals surface area contributed by atoms with E-state index in [1.807, 2.05) is 48.5 Å². The van der Waals surface area contributed by atoms with Crippen LogP contribution in [0.4, 0.5) is 5.82 Å². The van der Waals surface area contributed by atoms with E-state index in [9.17, 15) is 5.26 Å². The van der Waals surface area contributed by atoms with Gasteiger partial charge in [0.25, 0.3) is 0 Å². The van der Waals surface area contributed by atoms with Gasteiger partial charge in [-0.25, -0.2) is 4.98 Å². The summed E-state index contributed by atoms with van der Waals surface area (Å²) in [5.41, 5.74) is 4.53. The van der Waals surface area contributed by atoms with Crippen molar-refractivity contribution in [1.82, 2.24) is 4.98 Å². The van der Waals surface area contributed by atoms with Crippen molar-refractivity contribution >= 4 is 17.4 Å². The number of anilines is 1. The quantitative estimate of drug-likeness (QED) is 0.668. The SMILES string of the molecule is Cc1ccccc1CNc1cc(-c2ccccc2)c(C#N)c(Cl)n1. The molecule has 0 spiro atoms. The lowest BCUT2D eigenvalue weighted by molar-refractivity contribution is 1.09. The number of hydrogen-bond acceptors (Lipinski definition) is 3. The lowest BCUT2D eigenvalue weighted by atomic mass is 10.0. The Labute approximate surface area is 146 Å². The van der Waals surface area contributed by atoms with Crippen molar-refractivity contribution < 1.29 is 0 Å². The van der Waals surface area contributed by atoms with Crippen molar-refractivity contribution in [2.45, 2.75) is 13.5 Å². The van der Waals surface area contributed by atoms with E-state index in [-0.39, 0.29) is 5.15 Å². The van der Waals surface area contributed by atoms with Gasteiger partial charge in [-0.15, -0.1) is 0 Å². The van der Waals surface area contributed by atoms with Gasteiger partial charge in [0.1, 0.15) is 17.0 Å². The molecule has 3 rings (SSSR count). The first-order chi connectivity index (χ1) is 11.7. The standard InChI is InChI=1S/C20H16ClN3/c1-14-7-5-6-10-16(14)13-23-19-11-17(15-8-3-2-4-9-15)18(12-22)20(21)24-19/h2-11H,13H2,1H3,(H,23,24). The molecule has 4 heteroatoms.